The van der Waals surface area contributed by atoms with Crippen molar-refractivity contribution in [3.63, 3.8) is 0 Å². The third-order valence-electron chi connectivity index (χ3n) is 4.41. The van der Waals surface area contributed by atoms with E-state index >= 15 is 0 Å². The second-order valence-corrected chi connectivity index (χ2v) is 7.07. The van der Waals surface area contributed by atoms with E-state index in [1.807, 2.05) is 0 Å². The number of Topliss-reactive ketones (excluding diaryl/α,β-unsaturated/α-hetero) is 1. The number of ketones is 1. The van der Waals surface area contributed by atoms with Crippen LogP contribution in [0.2, 0.25) is 10.0 Å². The molecular weight excluding hydrogens is 405 g/mol. The lowest BCUT2D eigenvalue weighted by Gasteiger charge is -2.24. The average Bonchev–Trinajstić information content (AvgIpc) is 2.91. The number of nitrogens with zero attached hydrogens (tertiary/aromatic N) is 1. The van der Waals surface area contributed by atoms with Gasteiger partial charge in [0.15, 0.2) is 0 Å². The number of hydrogen-bond acceptors (Lipinski definition) is 4. The predicted octanol–water partition coefficient (Wildman–Crippen LogP) is 3.89. The first kappa shape index (κ1) is 19.9. The number of carbonyl (C=O) groups excluding carboxylic acids is 2. The van der Waals surface area contributed by atoms with Crippen LogP contribution in [0.15, 0.2) is 54.1 Å². The summed E-state index contributed by atoms with van der Waals surface area (Å²) in [5.74, 6) is -3.20. The van der Waals surface area contributed by atoms with Crippen LogP contribution in [-0.2, 0) is 14.4 Å². The maximum absolute atomic E-state index is 12.7. The van der Waals surface area contributed by atoms with Crippen LogP contribution in [0.5, 0.6) is 0 Å². The number of carboxylic acid groups (broad SMARTS) is 1. The molecule has 0 saturated carbocycles. The van der Waals surface area contributed by atoms with Crippen molar-refractivity contribution in [2.24, 2.45) is 0 Å². The fraction of sp³-hybridized carbons (Fsp3) is 0.150. The lowest BCUT2D eigenvalue weighted by molar-refractivity contribution is -0.142. The quantitative estimate of drug-likeness (QED) is 0.435. The molecule has 2 aromatic carbocycles. The summed E-state index contributed by atoms with van der Waals surface area (Å²) >= 11 is 11.8. The van der Waals surface area contributed by atoms with Gasteiger partial charge >= 0.3 is 5.97 Å². The number of carboxylic acids is 1. The summed E-state index contributed by atoms with van der Waals surface area (Å²) in [5.41, 5.74) is 0.740. The molecule has 3 rings (SSSR count). The fourth-order valence-electron chi connectivity index (χ4n) is 3.08. The SMILES string of the molecule is O=C(O)CCN1C(=O)C(=O)/C(=C(/O)c2ccc(Cl)cc2)[C@@H]1c1ccc(Cl)cc1. The highest BCUT2D eigenvalue weighted by Gasteiger charge is 2.46. The van der Waals surface area contributed by atoms with Crippen molar-refractivity contribution in [2.75, 3.05) is 6.54 Å². The number of aliphatic hydroxyl groups is 1. The van der Waals surface area contributed by atoms with Gasteiger partial charge in [-0.1, -0.05) is 35.3 Å². The molecule has 0 radical (unpaired) electrons. The number of aliphatic carboxylic acids is 1. The number of halogens is 2. The van der Waals surface area contributed by atoms with E-state index in [4.69, 9.17) is 28.3 Å². The molecule has 1 aliphatic rings. The van der Waals surface area contributed by atoms with Crippen LogP contribution in [0.25, 0.3) is 5.76 Å². The predicted molar refractivity (Wildman–Crippen MR) is 104 cm³/mol. The molecule has 28 heavy (non-hydrogen) atoms. The molecule has 2 N–H and O–H groups in total. The smallest absolute Gasteiger partial charge is 0.305 e. The molecule has 0 aliphatic carbocycles. The number of benzene rings is 2. The molecule has 1 amide bonds. The van der Waals surface area contributed by atoms with Crippen molar-refractivity contribution >= 4 is 46.6 Å². The van der Waals surface area contributed by atoms with Crippen LogP contribution in [0.1, 0.15) is 23.6 Å². The maximum atomic E-state index is 12.7. The summed E-state index contributed by atoms with van der Waals surface area (Å²) in [6.45, 7) is -0.176. The van der Waals surface area contributed by atoms with E-state index < -0.39 is 23.7 Å². The van der Waals surface area contributed by atoms with Gasteiger partial charge in [0, 0.05) is 22.2 Å². The summed E-state index contributed by atoms with van der Waals surface area (Å²) in [4.78, 5) is 37.4. The van der Waals surface area contributed by atoms with E-state index in [0.717, 1.165) is 4.90 Å². The molecule has 2 aromatic rings. The van der Waals surface area contributed by atoms with E-state index in [-0.39, 0.29) is 24.3 Å². The third kappa shape index (κ3) is 3.88. The van der Waals surface area contributed by atoms with Gasteiger partial charge in [-0.25, -0.2) is 0 Å². The number of likely N-dealkylation sites (tertiary alicyclic amines) is 1. The van der Waals surface area contributed by atoms with Gasteiger partial charge in [-0.3, -0.25) is 14.4 Å². The number of carbonyl (C=O) groups is 3. The highest BCUT2D eigenvalue weighted by atomic mass is 35.5. The van der Waals surface area contributed by atoms with Crippen LogP contribution in [-0.4, -0.2) is 39.3 Å². The zero-order chi connectivity index (χ0) is 20.4. The van der Waals surface area contributed by atoms with Gasteiger partial charge in [0.05, 0.1) is 18.0 Å². The normalized spacial score (nSPS) is 18.5. The van der Waals surface area contributed by atoms with E-state index in [0.29, 0.717) is 21.2 Å². The van der Waals surface area contributed by atoms with Crippen LogP contribution >= 0.6 is 23.2 Å². The molecule has 1 heterocycles. The Hall–Kier alpha value is -2.83. The topological polar surface area (TPSA) is 94.9 Å². The van der Waals surface area contributed by atoms with Crippen molar-refractivity contribution in [3.05, 3.63) is 75.3 Å². The Bertz CT molecular complexity index is 967. The molecule has 1 atom stereocenters. The van der Waals surface area contributed by atoms with Crippen molar-refractivity contribution in [2.45, 2.75) is 12.5 Å². The van der Waals surface area contributed by atoms with Gasteiger partial charge in [-0.2, -0.15) is 0 Å². The van der Waals surface area contributed by atoms with Gasteiger partial charge in [-0.05, 0) is 42.0 Å². The molecule has 6 nitrogen and oxygen atoms in total. The van der Waals surface area contributed by atoms with Crippen LogP contribution < -0.4 is 0 Å². The highest BCUT2D eigenvalue weighted by molar-refractivity contribution is 6.46. The van der Waals surface area contributed by atoms with E-state index in [2.05, 4.69) is 0 Å². The Morgan fingerprint density at radius 3 is 2.00 bits per heavy atom. The Balaban J connectivity index is 2.14. The van der Waals surface area contributed by atoms with Gasteiger partial charge in [0.25, 0.3) is 11.7 Å². The Labute approximate surface area is 170 Å². The molecule has 8 heteroatoms. The van der Waals surface area contributed by atoms with Crippen molar-refractivity contribution in [1.29, 1.82) is 0 Å². The van der Waals surface area contributed by atoms with Crippen LogP contribution in [0, 0.1) is 0 Å². The Kier molecular flexibility index (Phi) is 5.72. The van der Waals surface area contributed by atoms with E-state index in [1.54, 1.807) is 36.4 Å². The maximum Gasteiger partial charge on any atom is 0.305 e. The molecular formula is C20H15Cl2NO5. The van der Waals surface area contributed by atoms with E-state index in [1.165, 1.54) is 12.1 Å². The zero-order valence-corrected chi connectivity index (χ0v) is 15.9. The highest BCUT2D eigenvalue weighted by Crippen LogP contribution is 2.39. The molecule has 1 aliphatic heterocycles. The summed E-state index contributed by atoms with van der Waals surface area (Å²) in [7, 11) is 0. The zero-order valence-electron chi connectivity index (χ0n) is 14.4. The second-order valence-electron chi connectivity index (χ2n) is 6.19. The molecule has 0 bridgehead atoms. The first-order valence-electron chi connectivity index (χ1n) is 8.31. The molecule has 1 fully saturated rings. The fourth-order valence-corrected chi connectivity index (χ4v) is 3.33. The Morgan fingerprint density at radius 2 is 1.46 bits per heavy atom. The number of amides is 1. The van der Waals surface area contributed by atoms with Crippen molar-refractivity contribution in [3.8, 4) is 0 Å². The Morgan fingerprint density at radius 1 is 0.929 bits per heavy atom. The van der Waals surface area contributed by atoms with Gasteiger partial charge in [-0.15, -0.1) is 0 Å². The number of rotatable bonds is 5. The van der Waals surface area contributed by atoms with Crippen LogP contribution in [0.4, 0.5) is 0 Å². The van der Waals surface area contributed by atoms with Gasteiger partial charge < -0.3 is 15.1 Å². The lowest BCUT2D eigenvalue weighted by atomic mass is 9.95. The monoisotopic (exact) mass is 419 g/mol. The first-order chi connectivity index (χ1) is 13.3. The van der Waals surface area contributed by atoms with Crippen molar-refractivity contribution in [1.82, 2.24) is 4.90 Å². The standard InChI is InChI=1S/C20H15Cl2NO5/c21-13-5-1-11(2-6-13)17-16(18(26)12-3-7-14(22)8-4-12)19(27)20(28)23(17)10-9-15(24)25/h1-8,17,26H,9-10H2,(H,24,25)/b18-16+/t17-/m0/s1. The van der Waals surface area contributed by atoms with Crippen molar-refractivity contribution < 1.29 is 24.6 Å². The van der Waals surface area contributed by atoms with E-state index in [9.17, 15) is 19.5 Å². The molecule has 144 valence electrons. The largest absolute Gasteiger partial charge is 0.507 e. The molecule has 0 unspecified atom stereocenters. The second kappa shape index (κ2) is 8.04. The summed E-state index contributed by atoms with van der Waals surface area (Å²) in [5, 5.41) is 20.7. The van der Waals surface area contributed by atoms with Crippen LogP contribution in [0.3, 0.4) is 0 Å². The third-order valence-corrected chi connectivity index (χ3v) is 4.91. The number of hydrogen-bond donors (Lipinski definition) is 2. The summed E-state index contributed by atoms with van der Waals surface area (Å²) < 4.78 is 0. The number of aliphatic hydroxyl groups excluding tert-OH is 1. The first-order valence-corrected chi connectivity index (χ1v) is 9.07. The summed E-state index contributed by atoms with van der Waals surface area (Å²) in [6, 6.07) is 11.7. The lowest BCUT2D eigenvalue weighted by Crippen LogP contribution is -2.31. The molecule has 1 saturated heterocycles. The minimum absolute atomic E-state index is 0.111. The van der Waals surface area contributed by atoms with Gasteiger partial charge in [0.2, 0.25) is 0 Å². The minimum atomic E-state index is -1.10. The molecule has 0 spiro atoms. The molecule has 0 aromatic heterocycles. The average molecular weight is 420 g/mol. The van der Waals surface area contributed by atoms with Gasteiger partial charge in [0.1, 0.15) is 5.76 Å². The summed E-state index contributed by atoms with van der Waals surface area (Å²) in [6.07, 6.45) is -0.335. The minimum Gasteiger partial charge on any atom is -0.507 e.